The van der Waals surface area contributed by atoms with Crippen molar-refractivity contribution in [2.45, 2.75) is 70.3 Å². The van der Waals surface area contributed by atoms with Crippen LogP contribution in [0.25, 0.3) is 0 Å². The van der Waals surface area contributed by atoms with Gasteiger partial charge >= 0.3 is 23.9 Å². The van der Waals surface area contributed by atoms with E-state index in [1.807, 2.05) is 0 Å². The van der Waals surface area contributed by atoms with Gasteiger partial charge < -0.3 is 33.5 Å². The molecule has 1 aliphatic rings. The molecule has 0 radical (unpaired) electrons. The summed E-state index contributed by atoms with van der Waals surface area (Å²) >= 11 is 0. The van der Waals surface area contributed by atoms with Gasteiger partial charge in [-0.25, -0.2) is 14.4 Å². The molecule has 47 heavy (non-hydrogen) atoms. The summed E-state index contributed by atoms with van der Waals surface area (Å²) in [6.07, 6.45) is 8.11. The molecule has 2 aromatic carbocycles. The Morgan fingerprint density at radius 3 is 1.87 bits per heavy atom. The van der Waals surface area contributed by atoms with E-state index < -0.39 is 30.5 Å². The predicted molar refractivity (Wildman–Crippen MR) is 172 cm³/mol. The van der Waals surface area contributed by atoms with Crippen LogP contribution in [0.5, 0.6) is 17.2 Å². The normalized spacial score (nSPS) is 12.8. The summed E-state index contributed by atoms with van der Waals surface area (Å²) in [6.45, 7) is 7.43. The number of rotatable bonds is 20. The van der Waals surface area contributed by atoms with Crippen LogP contribution >= 0.6 is 0 Å². The minimum atomic E-state index is -0.687. The Kier molecular flexibility index (Phi) is 16.0. The highest BCUT2D eigenvalue weighted by Crippen LogP contribution is 2.22. The first-order valence-electron chi connectivity index (χ1n) is 15.9. The van der Waals surface area contributed by atoms with E-state index in [1.54, 1.807) is 48.5 Å². The molecule has 1 fully saturated rings. The van der Waals surface area contributed by atoms with Gasteiger partial charge in [-0.15, -0.1) is 0 Å². The highest BCUT2D eigenvalue weighted by molar-refractivity contribution is 5.93. The zero-order chi connectivity index (χ0) is 33.9. The lowest BCUT2D eigenvalue weighted by Gasteiger charge is -2.21. The molecule has 0 heterocycles. The van der Waals surface area contributed by atoms with E-state index in [9.17, 15) is 19.2 Å². The summed E-state index contributed by atoms with van der Waals surface area (Å²) in [6, 6.07) is 13.1. The maximum atomic E-state index is 12.5. The van der Waals surface area contributed by atoms with Gasteiger partial charge in [-0.05, 0) is 99.9 Å². The minimum absolute atomic E-state index is 0.0141. The molecule has 2 aromatic rings. The summed E-state index contributed by atoms with van der Waals surface area (Å²) in [4.78, 5) is 48.1. The van der Waals surface area contributed by atoms with Crippen molar-refractivity contribution in [2.75, 3.05) is 33.0 Å². The van der Waals surface area contributed by atoms with E-state index in [1.165, 1.54) is 6.42 Å². The van der Waals surface area contributed by atoms with Crippen molar-refractivity contribution in [1.29, 1.82) is 0 Å². The molecule has 1 saturated carbocycles. The molecular weight excluding hydrogens is 608 g/mol. The first-order valence-corrected chi connectivity index (χ1v) is 15.9. The number of hydrogen-bond acceptors (Lipinski definition) is 11. The van der Waals surface area contributed by atoms with Crippen LogP contribution in [0.4, 0.5) is 0 Å². The summed E-state index contributed by atoms with van der Waals surface area (Å²) in [5.74, 6) is -0.712. The lowest BCUT2D eigenvalue weighted by atomic mass is 9.98. The largest absolute Gasteiger partial charge is 0.494 e. The van der Waals surface area contributed by atoms with Gasteiger partial charge in [0, 0.05) is 5.57 Å². The fourth-order valence-corrected chi connectivity index (χ4v) is 4.59. The van der Waals surface area contributed by atoms with Crippen LogP contribution < -0.4 is 14.2 Å². The summed E-state index contributed by atoms with van der Waals surface area (Å²) < 4.78 is 32.2. The molecule has 254 valence electrons. The number of carbonyl (C=O) groups excluding carboxylic acids is 4. The Balaban J connectivity index is 1.22. The van der Waals surface area contributed by atoms with Crippen LogP contribution in [-0.2, 0) is 28.6 Å². The van der Waals surface area contributed by atoms with Gasteiger partial charge in [-0.3, -0.25) is 4.79 Å². The number of unbranched alkanes of at least 4 members (excludes halogenated alkanes) is 3. The second-order valence-corrected chi connectivity index (χ2v) is 11.1. The molecule has 0 spiro atoms. The third-order valence-corrected chi connectivity index (χ3v) is 7.23. The fourth-order valence-electron chi connectivity index (χ4n) is 4.59. The maximum absolute atomic E-state index is 12.5. The SMILES string of the molecule is C=C(CO)C(=O)OCCOc1ccc(C(=O)Oc2ccc(OCCCCCCOC(=O)C(=C)CC(=O)OC3CCCCC3)cc2)cc1. The molecule has 0 atom stereocenters. The summed E-state index contributed by atoms with van der Waals surface area (Å²) in [5, 5.41) is 8.85. The molecule has 0 aromatic heterocycles. The van der Waals surface area contributed by atoms with Gasteiger partial charge in [0.1, 0.15) is 36.6 Å². The van der Waals surface area contributed by atoms with Crippen LogP contribution in [-0.4, -0.2) is 68.1 Å². The number of carbonyl (C=O) groups is 4. The smallest absolute Gasteiger partial charge is 0.343 e. The van der Waals surface area contributed by atoms with E-state index >= 15 is 0 Å². The van der Waals surface area contributed by atoms with E-state index in [2.05, 4.69) is 13.2 Å². The molecule has 3 rings (SSSR count). The number of esters is 4. The van der Waals surface area contributed by atoms with Gasteiger partial charge in [0.15, 0.2) is 0 Å². The second-order valence-electron chi connectivity index (χ2n) is 11.1. The monoisotopic (exact) mass is 652 g/mol. The van der Waals surface area contributed by atoms with Crippen molar-refractivity contribution >= 4 is 23.9 Å². The van der Waals surface area contributed by atoms with Crippen molar-refractivity contribution < 1.29 is 52.7 Å². The Hall–Kier alpha value is -4.64. The molecule has 1 N–H and O–H groups in total. The van der Waals surface area contributed by atoms with Crippen molar-refractivity contribution in [3.8, 4) is 17.2 Å². The molecular formula is C36H44O11. The fraction of sp³-hybridized carbons (Fsp3) is 0.444. The van der Waals surface area contributed by atoms with Crippen LogP contribution in [0.1, 0.15) is 74.6 Å². The number of aliphatic hydroxyl groups excluding tert-OH is 1. The molecule has 0 amide bonds. The average molecular weight is 653 g/mol. The van der Waals surface area contributed by atoms with Crippen molar-refractivity contribution in [3.05, 3.63) is 78.4 Å². The molecule has 11 heteroatoms. The quantitative estimate of drug-likeness (QED) is 0.0620. The highest BCUT2D eigenvalue weighted by atomic mass is 16.6. The van der Waals surface area contributed by atoms with Gasteiger partial charge in [0.2, 0.25) is 0 Å². The van der Waals surface area contributed by atoms with Crippen LogP contribution in [0.3, 0.4) is 0 Å². The molecule has 0 unspecified atom stereocenters. The zero-order valence-corrected chi connectivity index (χ0v) is 26.7. The minimum Gasteiger partial charge on any atom is -0.494 e. The molecule has 1 aliphatic carbocycles. The zero-order valence-electron chi connectivity index (χ0n) is 26.7. The van der Waals surface area contributed by atoms with Gasteiger partial charge in [0.25, 0.3) is 0 Å². The predicted octanol–water partition coefficient (Wildman–Crippen LogP) is 5.68. The van der Waals surface area contributed by atoms with E-state index in [-0.39, 0.29) is 43.5 Å². The third kappa shape index (κ3) is 14.1. The standard InChI is InChI=1S/C36H44O11/c1-26(24-33(38)46-31-10-6-5-7-11-31)34(39)44-21-9-4-3-8-20-42-30-16-18-32(19-17-30)47-36(41)28-12-14-29(15-13-28)43-22-23-45-35(40)27(2)25-37/h12-19,31,37H,1-11,20-25H2. The maximum Gasteiger partial charge on any atom is 0.343 e. The Morgan fingerprint density at radius 1 is 0.660 bits per heavy atom. The van der Waals surface area contributed by atoms with E-state index in [0.29, 0.717) is 35.8 Å². The van der Waals surface area contributed by atoms with Gasteiger partial charge in [-0.1, -0.05) is 19.6 Å². The molecule has 0 aliphatic heterocycles. The first-order chi connectivity index (χ1) is 22.7. The van der Waals surface area contributed by atoms with E-state index in [0.717, 1.165) is 44.9 Å². The highest BCUT2D eigenvalue weighted by Gasteiger charge is 2.20. The average Bonchev–Trinajstić information content (AvgIpc) is 3.08. The van der Waals surface area contributed by atoms with Gasteiger partial charge in [0.05, 0.1) is 37.4 Å². The van der Waals surface area contributed by atoms with Crippen molar-refractivity contribution in [1.82, 2.24) is 0 Å². The number of aliphatic hydroxyl groups is 1. The Morgan fingerprint density at radius 2 is 1.21 bits per heavy atom. The Labute approximate surface area is 275 Å². The molecule has 0 saturated heterocycles. The van der Waals surface area contributed by atoms with Crippen LogP contribution in [0.15, 0.2) is 72.8 Å². The summed E-state index contributed by atoms with van der Waals surface area (Å²) in [5.41, 5.74) is 0.409. The number of ether oxygens (including phenoxy) is 6. The lowest BCUT2D eigenvalue weighted by Crippen LogP contribution is -2.22. The topological polar surface area (TPSA) is 144 Å². The third-order valence-electron chi connectivity index (χ3n) is 7.23. The van der Waals surface area contributed by atoms with Crippen molar-refractivity contribution in [3.63, 3.8) is 0 Å². The van der Waals surface area contributed by atoms with Crippen LogP contribution in [0.2, 0.25) is 0 Å². The molecule has 0 bridgehead atoms. The van der Waals surface area contributed by atoms with E-state index in [4.69, 9.17) is 33.5 Å². The summed E-state index contributed by atoms with van der Waals surface area (Å²) in [7, 11) is 0. The lowest BCUT2D eigenvalue weighted by molar-refractivity contribution is -0.151. The van der Waals surface area contributed by atoms with Gasteiger partial charge in [-0.2, -0.15) is 0 Å². The Bertz CT molecular complexity index is 1330. The second kappa shape index (κ2) is 20.5. The van der Waals surface area contributed by atoms with Crippen molar-refractivity contribution in [2.24, 2.45) is 0 Å². The number of benzene rings is 2. The molecule has 11 nitrogen and oxygen atoms in total. The van der Waals surface area contributed by atoms with Crippen LogP contribution in [0, 0.1) is 0 Å². The number of hydrogen-bond donors (Lipinski definition) is 1. The first kappa shape index (κ1) is 36.8.